The molecule has 15 heavy (non-hydrogen) atoms. The predicted octanol–water partition coefficient (Wildman–Crippen LogP) is 2.23. The minimum atomic E-state index is -4.78. The molecule has 3 N–H and O–H groups in total. The fraction of sp³-hybridized carbons (Fsp3) is 0.250. The van der Waals surface area contributed by atoms with Gasteiger partial charge >= 0.3 is 6.18 Å². The highest BCUT2D eigenvalue weighted by Gasteiger charge is 2.38. The van der Waals surface area contributed by atoms with Crippen LogP contribution in [0.1, 0.15) is 11.6 Å². The van der Waals surface area contributed by atoms with Gasteiger partial charge in [0.05, 0.1) is 0 Å². The molecule has 0 aliphatic carbocycles. The summed E-state index contributed by atoms with van der Waals surface area (Å²) in [6, 6.07) is -1.72. The van der Waals surface area contributed by atoms with Crippen LogP contribution in [0.4, 0.5) is 22.0 Å². The van der Waals surface area contributed by atoms with E-state index < -0.39 is 35.2 Å². The van der Waals surface area contributed by atoms with Crippen LogP contribution in [0.2, 0.25) is 0 Å². The maximum absolute atomic E-state index is 12.6. The van der Waals surface area contributed by atoms with Gasteiger partial charge < -0.3 is 10.8 Å². The Hall–Kier alpha value is -1.37. The highest BCUT2D eigenvalue weighted by atomic mass is 19.4. The second-order valence-corrected chi connectivity index (χ2v) is 2.86. The molecule has 0 unspecified atom stereocenters. The van der Waals surface area contributed by atoms with Crippen molar-refractivity contribution in [3.63, 3.8) is 0 Å². The zero-order valence-electron chi connectivity index (χ0n) is 7.15. The van der Waals surface area contributed by atoms with Crippen molar-refractivity contribution in [2.24, 2.45) is 5.73 Å². The Labute approximate surface area is 81.1 Å². The second kappa shape index (κ2) is 3.65. The summed E-state index contributed by atoms with van der Waals surface area (Å²) in [7, 11) is 0. The van der Waals surface area contributed by atoms with Gasteiger partial charge in [-0.2, -0.15) is 17.6 Å². The van der Waals surface area contributed by atoms with Crippen molar-refractivity contribution < 1.29 is 27.1 Å². The molecule has 1 atom stereocenters. The molecule has 0 amide bonds. The van der Waals surface area contributed by atoms with Gasteiger partial charge in [0.15, 0.2) is 17.4 Å². The second-order valence-electron chi connectivity index (χ2n) is 2.86. The van der Waals surface area contributed by atoms with Crippen molar-refractivity contribution in [2.75, 3.05) is 0 Å². The average Bonchev–Trinajstić information content (AvgIpc) is 2.10. The van der Waals surface area contributed by atoms with Crippen LogP contribution in [0.3, 0.4) is 0 Å². The van der Waals surface area contributed by atoms with Gasteiger partial charge in [0.1, 0.15) is 6.04 Å². The molecular formula is C8H6F5NO. The number of rotatable bonds is 1. The van der Waals surface area contributed by atoms with Crippen molar-refractivity contribution in [2.45, 2.75) is 12.2 Å². The summed E-state index contributed by atoms with van der Waals surface area (Å²) in [5, 5.41) is 8.76. The summed E-state index contributed by atoms with van der Waals surface area (Å²) in [5.74, 6) is -4.39. The highest BCUT2D eigenvalue weighted by molar-refractivity contribution is 5.32. The van der Waals surface area contributed by atoms with Crippen LogP contribution in [-0.2, 0) is 0 Å². The number of halogens is 5. The van der Waals surface area contributed by atoms with E-state index in [0.717, 1.165) is 0 Å². The fourth-order valence-corrected chi connectivity index (χ4v) is 0.963. The summed E-state index contributed by atoms with van der Waals surface area (Å²) in [4.78, 5) is 0. The smallest absolute Gasteiger partial charge is 0.407 e. The van der Waals surface area contributed by atoms with Crippen molar-refractivity contribution in [3.8, 4) is 5.75 Å². The maximum atomic E-state index is 12.6. The maximum Gasteiger partial charge on any atom is 0.407 e. The van der Waals surface area contributed by atoms with E-state index in [1.165, 1.54) is 0 Å². The molecule has 0 aliphatic rings. The molecule has 0 aliphatic heterocycles. The van der Waals surface area contributed by atoms with Crippen LogP contribution < -0.4 is 5.73 Å². The number of alkyl halides is 3. The lowest BCUT2D eigenvalue weighted by Gasteiger charge is -2.16. The number of hydrogen-bond donors (Lipinski definition) is 2. The van der Waals surface area contributed by atoms with Gasteiger partial charge in [-0.3, -0.25) is 0 Å². The zero-order chi connectivity index (χ0) is 11.8. The Balaban J connectivity index is 3.17. The molecule has 0 saturated carbocycles. The highest BCUT2D eigenvalue weighted by Crippen LogP contribution is 2.33. The van der Waals surface area contributed by atoms with Crippen molar-refractivity contribution in [3.05, 3.63) is 29.3 Å². The SMILES string of the molecule is N[C@@H](c1cc(O)c(F)c(F)c1)C(F)(F)F. The molecule has 84 valence electrons. The molecular weight excluding hydrogens is 221 g/mol. The molecule has 0 fully saturated rings. The van der Waals surface area contributed by atoms with Crippen molar-refractivity contribution in [1.29, 1.82) is 0 Å². The Bertz CT molecular complexity index is 353. The van der Waals surface area contributed by atoms with Crippen LogP contribution in [0.5, 0.6) is 5.75 Å². The molecule has 0 spiro atoms. The van der Waals surface area contributed by atoms with Crippen molar-refractivity contribution >= 4 is 0 Å². The number of phenols is 1. The molecule has 1 rings (SSSR count). The van der Waals surface area contributed by atoms with E-state index >= 15 is 0 Å². The van der Waals surface area contributed by atoms with Crippen LogP contribution in [0.25, 0.3) is 0 Å². The molecule has 0 radical (unpaired) electrons. The van der Waals surface area contributed by atoms with E-state index in [-0.39, 0.29) is 0 Å². The Morgan fingerprint density at radius 1 is 1.20 bits per heavy atom. The van der Waals surface area contributed by atoms with E-state index in [0.29, 0.717) is 12.1 Å². The zero-order valence-corrected chi connectivity index (χ0v) is 7.15. The number of aromatic hydroxyl groups is 1. The van der Waals surface area contributed by atoms with E-state index in [2.05, 4.69) is 0 Å². The molecule has 0 bridgehead atoms. The third kappa shape index (κ3) is 2.35. The Morgan fingerprint density at radius 3 is 2.13 bits per heavy atom. The van der Waals surface area contributed by atoms with Crippen LogP contribution in [-0.4, -0.2) is 11.3 Å². The molecule has 2 nitrogen and oxygen atoms in total. The van der Waals surface area contributed by atoms with E-state index in [1.807, 2.05) is 0 Å². The van der Waals surface area contributed by atoms with Gasteiger partial charge in [0, 0.05) is 0 Å². The van der Waals surface area contributed by atoms with Crippen molar-refractivity contribution in [1.82, 2.24) is 0 Å². The first kappa shape index (κ1) is 11.7. The Kier molecular flexibility index (Phi) is 2.85. The van der Waals surface area contributed by atoms with E-state index in [9.17, 15) is 22.0 Å². The first-order valence-electron chi connectivity index (χ1n) is 3.73. The molecule has 0 saturated heterocycles. The van der Waals surface area contributed by atoms with Crippen LogP contribution in [0, 0.1) is 11.6 Å². The summed E-state index contributed by atoms with van der Waals surface area (Å²) >= 11 is 0. The number of benzene rings is 1. The number of nitrogens with two attached hydrogens (primary N) is 1. The summed E-state index contributed by atoms with van der Waals surface area (Å²) in [5.41, 5.74) is 4.00. The van der Waals surface area contributed by atoms with Crippen LogP contribution in [0.15, 0.2) is 12.1 Å². The van der Waals surface area contributed by atoms with Gasteiger partial charge in [-0.25, -0.2) is 4.39 Å². The summed E-state index contributed by atoms with van der Waals surface area (Å²) < 4.78 is 61.4. The molecule has 1 aromatic rings. The van der Waals surface area contributed by atoms with Gasteiger partial charge in [-0.1, -0.05) is 0 Å². The number of phenolic OH excluding ortho intramolecular Hbond substituents is 1. The largest absolute Gasteiger partial charge is 0.505 e. The fourth-order valence-electron chi connectivity index (χ4n) is 0.963. The lowest BCUT2D eigenvalue weighted by molar-refractivity contribution is -0.149. The summed E-state index contributed by atoms with van der Waals surface area (Å²) in [6.45, 7) is 0. The first-order valence-corrected chi connectivity index (χ1v) is 3.73. The van der Waals surface area contributed by atoms with Gasteiger partial charge in [-0.05, 0) is 17.7 Å². The normalized spacial score (nSPS) is 14.0. The minimum absolute atomic E-state index is 0.299. The van der Waals surface area contributed by atoms with Gasteiger partial charge in [0.25, 0.3) is 0 Å². The average molecular weight is 227 g/mol. The molecule has 0 aromatic heterocycles. The topological polar surface area (TPSA) is 46.2 Å². The van der Waals surface area contributed by atoms with Crippen LogP contribution >= 0.6 is 0 Å². The quantitative estimate of drug-likeness (QED) is 0.722. The first-order chi connectivity index (χ1) is 6.73. The lowest BCUT2D eigenvalue weighted by Crippen LogP contribution is -2.28. The van der Waals surface area contributed by atoms with Gasteiger partial charge in [0.2, 0.25) is 0 Å². The van der Waals surface area contributed by atoms with E-state index in [1.54, 1.807) is 0 Å². The summed E-state index contributed by atoms with van der Waals surface area (Å²) in [6.07, 6.45) is -4.78. The molecule has 0 heterocycles. The lowest BCUT2D eigenvalue weighted by atomic mass is 10.1. The van der Waals surface area contributed by atoms with E-state index in [4.69, 9.17) is 10.8 Å². The Morgan fingerprint density at radius 2 is 1.73 bits per heavy atom. The standard InChI is InChI=1S/C8H6F5NO/c9-4-1-3(2-5(15)6(4)10)7(14)8(11,12)13/h1-2,7,15H,14H2/t7-/m0/s1. The minimum Gasteiger partial charge on any atom is -0.505 e. The molecule has 1 aromatic carbocycles. The monoisotopic (exact) mass is 227 g/mol. The third-order valence-electron chi connectivity index (χ3n) is 1.74. The molecule has 7 heteroatoms. The van der Waals surface area contributed by atoms with Gasteiger partial charge in [-0.15, -0.1) is 0 Å². The predicted molar refractivity (Wildman–Crippen MR) is 41.0 cm³/mol. The number of hydrogen-bond acceptors (Lipinski definition) is 2. The third-order valence-corrected chi connectivity index (χ3v) is 1.74.